The van der Waals surface area contributed by atoms with Crippen LogP contribution in [-0.2, 0) is 4.74 Å². The van der Waals surface area contributed by atoms with Crippen LogP contribution in [0.3, 0.4) is 0 Å². The highest BCUT2D eigenvalue weighted by Crippen LogP contribution is 2.42. The van der Waals surface area contributed by atoms with Crippen LogP contribution in [0.25, 0.3) is 0 Å². The lowest BCUT2D eigenvalue weighted by Crippen LogP contribution is -2.61. The molecule has 2 rings (SSSR count). The fraction of sp³-hybridized carbons (Fsp3) is 0.923. The van der Waals surface area contributed by atoms with Gasteiger partial charge in [0.05, 0.1) is 12.6 Å². The predicted molar refractivity (Wildman–Crippen MR) is 66.5 cm³/mol. The Labute approximate surface area is 104 Å². The summed E-state index contributed by atoms with van der Waals surface area (Å²) in [6, 6.07) is 0.748. The molecule has 2 N–H and O–H groups in total. The molecule has 4 heteroatoms. The molecule has 1 amide bonds. The number of likely N-dealkylation sites (tertiary alicyclic amines) is 1. The maximum Gasteiger partial charge on any atom is 0.517 e. The van der Waals surface area contributed by atoms with E-state index in [1.165, 1.54) is 0 Å². The lowest BCUT2D eigenvalue weighted by Gasteiger charge is -2.37. The second-order valence-electron chi connectivity index (χ2n) is 6.40. The highest BCUT2D eigenvalue weighted by Gasteiger charge is 2.59. The van der Waals surface area contributed by atoms with Crippen molar-refractivity contribution in [2.75, 3.05) is 13.1 Å². The van der Waals surface area contributed by atoms with Crippen LogP contribution in [0.15, 0.2) is 0 Å². The molecule has 0 bridgehead atoms. The van der Waals surface area contributed by atoms with Gasteiger partial charge in [-0.25, -0.2) is 4.48 Å². The Morgan fingerprint density at radius 1 is 1.35 bits per heavy atom. The monoisotopic (exact) mass is 241 g/mol. The van der Waals surface area contributed by atoms with Crippen molar-refractivity contribution >= 4 is 6.09 Å². The van der Waals surface area contributed by atoms with Crippen molar-refractivity contribution in [3.05, 3.63) is 0 Å². The summed E-state index contributed by atoms with van der Waals surface area (Å²) >= 11 is 0. The lowest BCUT2D eigenvalue weighted by molar-refractivity contribution is -0.879. The summed E-state index contributed by atoms with van der Waals surface area (Å²) in [7, 11) is 0. The van der Waals surface area contributed by atoms with Gasteiger partial charge in [0, 0.05) is 32.2 Å². The van der Waals surface area contributed by atoms with E-state index < -0.39 is 5.60 Å². The number of rotatable bonds is 2. The molecule has 0 radical (unpaired) electrons. The van der Waals surface area contributed by atoms with Crippen LogP contribution >= 0.6 is 0 Å². The normalized spacial score (nSPS) is 33.8. The number of hydrogen-bond acceptors (Lipinski definition) is 3. The second kappa shape index (κ2) is 4.25. The first-order chi connectivity index (χ1) is 7.90. The van der Waals surface area contributed by atoms with E-state index in [2.05, 4.69) is 0 Å². The van der Waals surface area contributed by atoms with Crippen LogP contribution in [0, 0.1) is 0 Å². The number of carbonyl (C=O) groups excluding carboxylic acids is 1. The van der Waals surface area contributed by atoms with Crippen molar-refractivity contribution in [3.63, 3.8) is 0 Å². The van der Waals surface area contributed by atoms with E-state index in [0.29, 0.717) is 17.1 Å². The number of ether oxygens (including phenoxy) is 1. The SMILES string of the molecule is CC(C)(C)OC(=O)[N@+]1(C2CC2)CCCC1CN. The molecule has 2 fully saturated rings. The molecule has 1 saturated carbocycles. The maximum atomic E-state index is 12.5. The fourth-order valence-electron chi connectivity index (χ4n) is 3.06. The molecule has 1 heterocycles. The third-order valence-corrected chi connectivity index (χ3v) is 3.92. The Hall–Kier alpha value is -0.610. The number of hydrogen-bond donors (Lipinski definition) is 1. The van der Waals surface area contributed by atoms with Gasteiger partial charge in [-0.2, -0.15) is 4.79 Å². The van der Waals surface area contributed by atoms with Gasteiger partial charge in [-0.1, -0.05) is 0 Å². The van der Waals surface area contributed by atoms with Crippen molar-refractivity contribution in [1.29, 1.82) is 0 Å². The van der Waals surface area contributed by atoms with Gasteiger partial charge in [-0.15, -0.1) is 0 Å². The summed E-state index contributed by atoms with van der Waals surface area (Å²) in [5.41, 5.74) is 5.45. The van der Waals surface area contributed by atoms with E-state index in [4.69, 9.17) is 10.5 Å². The summed E-state index contributed by atoms with van der Waals surface area (Å²) < 4.78 is 6.14. The number of carbonyl (C=O) groups is 1. The molecule has 1 aliphatic carbocycles. The maximum absolute atomic E-state index is 12.5. The molecule has 0 aromatic rings. The van der Waals surface area contributed by atoms with E-state index in [9.17, 15) is 4.79 Å². The molecule has 0 spiro atoms. The minimum absolute atomic E-state index is 0.0482. The fourth-order valence-corrected chi connectivity index (χ4v) is 3.06. The van der Waals surface area contributed by atoms with Gasteiger partial charge in [0.1, 0.15) is 11.6 Å². The number of quaternary nitrogens is 1. The minimum atomic E-state index is -0.404. The van der Waals surface area contributed by atoms with Crippen LogP contribution in [0.2, 0.25) is 0 Å². The summed E-state index contributed by atoms with van der Waals surface area (Å²) in [5, 5.41) is 0. The largest absolute Gasteiger partial charge is 0.517 e. The average molecular weight is 241 g/mol. The predicted octanol–water partition coefficient (Wildman–Crippen LogP) is 2.02. The van der Waals surface area contributed by atoms with Crippen LogP contribution in [0.4, 0.5) is 4.79 Å². The molecule has 2 aliphatic rings. The summed E-state index contributed by atoms with van der Waals surface area (Å²) in [6.45, 7) is 7.31. The summed E-state index contributed by atoms with van der Waals surface area (Å²) in [6.07, 6.45) is 4.41. The quantitative estimate of drug-likeness (QED) is 0.753. The molecular weight excluding hydrogens is 216 g/mol. The molecule has 98 valence electrons. The first-order valence-electron chi connectivity index (χ1n) is 6.71. The van der Waals surface area contributed by atoms with Gasteiger partial charge in [-0.3, -0.25) is 0 Å². The average Bonchev–Trinajstić information content (AvgIpc) is 2.95. The van der Waals surface area contributed by atoms with E-state index in [-0.39, 0.29) is 12.1 Å². The Balaban J connectivity index is 2.19. The Morgan fingerprint density at radius 3 is 2.47 bits per heavy atom. The third-order valence-electron chi connectivity index (χ3n) is 3.92. The molecule has 17 heavy (non-hydrogen) atoms. The Kier molecular flexibility index (Phi) is 3.21. The first-order valence-corrected chi connectivity index (χ1v) is 6.71. The second-order valence-corrected chi connectivity index (χ2v) is 6.40. The van der Waals surface area contributed by atoms with E-state index in [1.54, 1.807) is 0 Å². The van der Waals surface area contributed by atoms with E-state index in [1.807, 2.05) is 20.8 Å². The highest BCUT2D eigenvalue weighted by atomic mass is 16.6. The zero-order chi connectivity index (χ0) is 12.7. The molecule has 0 aromatic carbocycles. The zero-order valence-corrected chi connectivity index (χ0v) is 11.2. The highest BCUT2D eigenvalue weighted by molar-refractivity contribution is 5.61. The molecule has 1 aliphatic heterocycles. The molecular formula is C13H25N2O2+. The molecule has 4 nitrogen and oxygen atoms in total. The number of nitrogens with zero attached hydrogens (tertiary/aromatic N) is 1. The minimum Gasteiger partial charge on any atom is -0.414 e. The summed E-state index contributed by atoms with van der Waals surface area (Å²) in [4.78, 5) is 12.5. The van der Waals surface area contributed by atoms with Crippen molar-refractivity contribution in [1.82, 2.24) is 0 Å². The molecule has 2 atom stereocenters. The number of nitrogens with two attached hydrogens (primary N) is 1. The van der Waals surface area contributed by atoms with Crippen LogP contribution in [-0.4, -0.2) is 41.4 Å². The van der Waals surface area contributed by atoms with Gasteiger partial charge in [0.15, 0.2) is 0 Å². The van der Waals surface area contributed by atoms with Gasteiger partial charge in [0.2, 0.25) is 0 Å². The van der Waals surface area contributed by atoms with E-state index >= 15 is 0 Å². The third kappa shape index (κ3) is 2.33. The van der Waals surface area contributed by atoms with Gasteiger partial charge < -0.3 is 10.5 Å². The number of amides is 1. The zero-order valence-electron chi connectivity index (χ0n) is 11.2. The Bertz CT molecular complexity index is 307. The van der Waals surface area contributed by atoms with Crippen molar-refractivity contribution in [2.45, 2.75) is 64.1 Å². The van der Waals surface area contributed by atoms with Crippen LogP contribution in [0.1, 0.15) is 46.5 Å². The van der Waals surface area contributed by atoms with Gasteiger partial charge in [-0.05, 0) is 20.8 Å². The smallest absolute Gasteiger partial charge is 0.414 e. The molecule has 1 saturated heterocycles. The molecule has 1 unspecified atom stereocenters. The van der Waals surface area contributed by atoms with Crippen molar-refractivity contribution in [2.24, 2.45) is 5.73 Å². The Morgan fingerprint density at radius 2 is 2.00 bits per heavy atom. The van der Waals surface area contributed by atoms with Crippen LogP contribution < -0.4 is 5.73 Å². The van der Waals surface area contributed by atoms with Crippen LogP contribution in [0.5, 0.6) is 0 Å². The van der Waals surface area contributed by atoms with Gasteiger partial charge in [0.25, 0.3) is 0 Å². The lowest BCUT2D eigenvalue weighted by atomic mass is 10.2. The van der Waals surface area contributed by atoms with Crippen molar-refractivity contribution < 1.29 is 14.0 Å². The van der Waals surface area contributed by atoms with E-state index in [0.717, 1.165) is 32.2 Å². The molecule has 0 aromatic heterocycles. The standard InChI is InChI=1S/C13H25N2O2/c1-13(2,3)17-12(16)15(10-6-7-10)8-4-5-11(15)9-14/h10-11H,4-9,14H2,1-3H3/q+1/t11?,15-/m0/s1. The van der Waals surface area contributed by atoms with Crippen molar-refractivity contribution in [3.8, 4) is 0 Å². The topological polar surface area (TPSA) is 52.3 Å². The first kappa shape index (κ1) is 12.8. The van der Waals surface area contributed by atoms with Gasteiger partial charge >= 0.3 is 6.09 Å². The summed E-state index contributed by atoms with van der Waals surface area (Å²) in [5.74, 6) is 0.